The maximum atomic E-state index is 12.7. The maximum Gasteiger partial charge on any atom is 0.257 e. The highest BCUT2D eigenvalue weighted by atomic mass is 16.1. The van der Waals surface area contributed by atoms with Crippen LogP contribution in [-0.4, -0.2) is 25.7 Å². The molecule has 6 heteroatoms. The van der Waals surface area contributed by atoms with Crippen molar-refractivity contribution < 1.29 is 4.79 Å². The molecule has 5 aromatic rings. The number of H-pyrrole nitrogens is 1. The normalized spacial score (nSPS) is 10.9. The molecule has 0 saturated carbocycles. The van der Waals surface area contributed by atoms with E-state index in [0.29, 0.717) is 12.1 Å². The summed E-state index contributed by atoms with van der Waals surface area (Å²) in [5, 5.41) is 8.28. The predicted octanol–water partition coefficient (Wildman–Crippen LogP) is 4.73. The van der Waals surface area contributed by atoms with Crippen molar-refractivity contribution in [1.29, 1.82) is 0 Å². The fourth-order valence-corrected chi connectivity index (χ4v) is 3.45. The van der Waals surface area contributed by atoms with Crippen LogP contribution in [0.1, 0.15) is 15.9 Å². The molecule has 146 valence electrons. The summed E-state index contributed by atoms with van der Waals surface area (Å²) in [6.45, 7) is 0.701. The monoisotopic (exact) mass is 393 g/mol. The van der Waals surface area contributed by atoms with Crippen LogP contribution in [0.15, 0.2) is 91.5 Å². The minimum Gasteiger partial charge on any atom is -0.346 e. The number of benzene rings is 2. The first-order chi connectivity index (χ1) is 14.8. The van der Waals surface area contributed by atoms with Crippen molar-refractivity contribution in [2.45, 2.75) is 6.54 Å². The summed E-state index contributed by atoms with van der Waals surface area (Å²) in [4.78, 5) is 20.3. The Kier molecular flexibility index (Phi) is 4.57. The fourth-order valence-electron chi connectivity index (χ4n) is 3.45. The molecule has 0 unspecified atom stereocenters. The molecular formula is C24H19N5O. The van der Waals surface area contributed by atoms with E-state index in [1.165, 1.54) is 5.56 Å². The zero-order valence-electron chi connectivity index (χ0n) is 16.1. The standard InChI is InChI=1S/C24H19N5O/c30-24(28-20-9-5-2-6-10-20)18-11-21-22(14-26-23(21)25-12-18)19-13-27-29(16-19)15-17-7-3-1-4-8-17/h1-14,16H,15H2,(H,25,26)(H,28,30). The molecule has 1 amide bonds. The molecule has 0 fully saturated rings. The molecule has 0 aliphatic heterocycles. The highest BCUT2D eigenvalue weighted by molar-refractivity contribution is 6.07. The van der Waals surface area contributed by atoms with Gasteiger partial charge in [0.15, 0.2) is 0 Å². The second-order valence-electron chi connectivity index (χ2n) is 7.05. The van der Waals surface area contributed by atoms with Crippen molar-refractivity contribution in [3.05, 3.63) is 103 Å². The van der Waals surface area contributed by atoms with Crippen LogP contribution in [0, 0.1) is 0 Å². The van der Waals surface area contributed by atoms with Gasteiger partial charge in [0.2, 0.25) is 0 Å². The Morgan fingerprint density at radius 3 is 2.57 bits per heavy atom. The number of aromatic nitrogens is 4. The SMILES string of the molecule is O=C(Nc1ccccc1)c1cnc2[nH]cc(-c3cnn(Cc4ccccc4)c3)c2c1. The lowest BCUT2D eigenvalue weighted by atomic mass is 10.1. The van der Waals surface area contributed by atoms with Crippen molar-refractivity contribution in [2.24, 2.45) is 0 Å². The molecule has 0 saturated heterocycles. The second kappa shape index (κ2) is 7.67. The lowest BCUT2D eigenvalue weighted by Crippen LogP contribution is -2.12. The molecule has 5 rings (SSSR count). The summed E-state index contributed by atoms with van der Waals surface area (Å²) in [6.07, 6.45) is 7.33. The summed E-state index contributed by atoms with van der Waals surface area (Å²) in [7, 11) is 0. The summed E-state index contributed by atoms with van der Waals surface area (Å²) >= 11 is 0. The van der Waals surface area contributed by atoms with Crippen molar-refractivity contribution in [1.82, 2.24) is 19.7 Å². The van der Waals surface area contributed by atoms with Gasteiger partial charge in [0.05, 0.1) is 18.3 Å². The third kappa shape index (κ3) is 3.58. The van der Waals surface area contributed by atoms with Gasteiger partial charge in [-0.25, -0.2) is 4.98 Å². The van der Waals surface area contributed by atoms with Crippen LogP contribution in [0.25, 0.3) is 22.2 Å². The highest BCUT2D eigenvalue weighted by Crippen LogP contribution is 2.28. The molecule has 0 bridgehead atoms. The van der Waals surface area contributed by atoms with E-state index in [1.807, 2.05) is 77.9 Å². The average molecular weight is 393 g/mol. The number of nitrogens with one attached hydrogen (secondary N) is 2. The molecule has 3 heterocycles. The number of fused-ring (bicyclic) bond motifs is 1. The zero-order valence-corrected chi connectivity index (χ0v) is 16.1. The van der Waals surface area contributed by atoms with Gasteiger partial charge in [-0.1, -0.05) is 48.5 Å². The number of nitrogens with zero attached hydrogens (tertiary/aromatic N) is 3. The lowest BCUT2D eigenvalue weighted by Gasteiger charge is -2.05. The van der Waals surface area contributed by atoms with Crippen LogP contribution < -0.4 is 5.32 Å². The van der Waals surface area contributed by atoms with Gasteiger partial charge >= 0.3 is 0 Å². The fraction of sp³-hybridized carbons (Fsp3) is 0.0417. The number of carbonyl (C=O) groups excluding carboxylic acids is 1. The topological polar surface area (TPSA) is 75.6 Å². The molecule has 6 nitrogen and oxygen atoms in total. The van der Waals surface area contributed by atoms with E-state index >= 15 is 0 Å². The van der Waals surface area contributed by atoms with Gasteiger partial charge in [-0.3, -0.25) is 9.48 Å². The highest BCUT2D eigenvalue weighted by Gasteiger charge is 2.13. The number of para-hydroxylation sites is 1. The first-order valence-electron chi connectivity index (χ1n) is 9.66. The van der Waals surface area contributed by atoms with E-state index in [9.17, 15) is 4.79 Å². The number of carbonyl (C=O) groups is 1. The van der Waals surface area contributed by atoms with Crippen LogP contribution in [0.4, 0.5) is 5.69 Å². The van der Waals surface area contributed by atoms with Crippen LogP contribution in [0.3, 0.4) is 0 Å². The van der Waals surface area contributed by atoms with Gasteiger partial charge < -0.3 is 10.3 Å². The van der Waals surface area contributed by atoms with Gasteiger partial charge in [-0.2, -0.15) is 5.10 Å². The number of amides is 1. The number of rotatable bonds is 5. The molecule has 0 radical (unpaired) electrons. The summed E-state index contributed by atoms with van der Waals surface area (Å²) in [5.41, 5.74) is 5.11. The van der Waals surface area contributed by atoms with Crippen LogP contribution in [-0.2, 0) is 6.54 Å². The number of aromatic amines is 1. The molecule has 2 N–H and O–H groups in total. The van der Waals surface area contributed by atoms with E-state index in [1.54, 1.807) is 6.20 Å². The van der Waals surface area contributed by atoms with Crippen LogP contribution >= 0.6 is 0 Å². The third-order valence-corrected chi connectivity index (χ3v) is 4.96. The second-order valence-corrected chi connectivity index (χ2v) is 7.05. The molecule has 3 aromatic heterocycles. The number of pyridine rings is 1. The van der Waals surface area contributed by atoms with Gasteiger partial charge in [0.25, 0.3) is 5.91 Å². The molecule has 0 atom stereocenters. The molecular weight excluding hydrogens is 374 g/mol. The molecule has 2 aromatic carbocycles. The predicted molar refractivity (Wildman–Crippen MR) is 117 cm³/mol. The van der Waals surface area contributed by atoms with Gasteiger partial charge in [0, 0.05) is 40.8 Å². The Hall–Kier alpha value is -4.19. The van der Waals surface area contributed by atoms with Gasteiger partial charge in [-0.15, -0.1) is 0 Å². The number of hydrogen-bond donors (Lipinski definition) is 2. The van der Waals surface area contributed by atoms with E-state index in [0.717, 1.165) is 27.8 Å². The maximum absolute atomic E-state index is 12.7. The smallest absolute Gasteiger partial charge is 0.257 e. The summed E-state index contributed by atoms with van der Waals surface area (Å²) in [5.74, 6) is -0.192. The Morgan fingerprint density at radius 2 is 1.77 bits per heavy atom. The Balaban J connectivity index is 1.43. The van der Waals surface area contributed by atoms with Crippen molar-refractivity contribution >= 4 is 22.6 Å². The molecule has 0 aliphatic carbocycles. The Morgan fingerprint density at radius 1 is 1.00 bits per heavy atom. The van der Waals surface area contributed by atoms with E-state index < -0.39 is 0 Å². The van der Waals surface area contributed by atoms with Crippen LogP contribution in [0.5, 0.6) is 0 Å². The van der Waals surface area contributed by atoms with Gasteiger partial charge in [0.1, 0.15) is 5.65 Å². The van der Waals surface area contributed by atoms with Crippen molar-refractivity contribution in [3.63, 3.8) is 0 Å². The average Bonchev–Trinajstić information content (AvgIpc) is 3.41. The quantitative estimate of drug-likeness (QED) is 0.453. The van der Waals surface area contributed by atoms with Crippen LogP contribution in [0.2, 0.25) is 0 Å². The molecule has 0 aliphatic rings. The molecule has 30 heavy (non-hydrogen) atoms. The zero-order chi connectivity index (χ0) is 20.3. The first-order valence-corrected chi connectivity index (χ1v) is 9.66. The minimum atomic E-state index is -0.192. The largest absolute Gasteiger partial charge is 0.346 e. The minimum absolute atomic E-state index is 0.192. The number of hydrogen-bond acceptors (Lipinski definition) is 3. The van der Waals surface area contributed by atoms with E-state index in [2.05, 4.69) is 32.5 Å². The Labute approximate surface area is 173 Å². The van der Waals surface area contributed by atoms with E-state index in [-0.39, 0.29) is 5.91 Å². The lowest BCUT2D eigenvalue weighted by molar-refractivity contribution is 0.102. The van der Waals surface area contributed by atoms with Gasteiger partial charge in [-0.05, 0) is 23.8 Å². The van der Waals surface area contributed by atoms with E-state index in [4.69, 9.17) is 0 Å². The first kappa shape index (κ1) is 17.9. The number of anilines is 1. The Bertz CT molecular complexity index is 1310. The third-order valence-electron chi connectivity index (χ3n) is 4.96. The van der Waals surface area contributed by atoms with Crippen molar-refractivity contribution in [2.75, 3.05) is 5.32 Å². The summed E-state index contributed by atoms with van der Waals surface area (Å²) in [6, 6.07) is 21.4. The molecule has 0 spiro atoms. The van der Waals surface area contributed by atoms with Crippen molar-refractivity contribution in [3.8, 4) is 11.1 Å². The summed E-state index contributed by atoms with van der Waals surface area (Å²) < 4.78 is 1.91.